The highest BCUT2D eigenvalue weighted by atomic mass is 79.9. The summed E-state index contributed by atoms with van der Waals surface area (Å²) in [6.45, 7) is 0. The van der Waals surface area contributed by atoms with Crippen LogP contribution in [0, 0.1) is 5.82 Å². The molecule has 0 radical (unpaired) electrons. The lowest BCUT2D eigenvalue weighted by molar-refractivity contribution is -0.118. The van der Waals surface area contributed by atoms with E-state index in [9.17, 15) is 9.18 Å². The molecule has 0 atom stereocenters. The molecule has 2 rings (SSSR count). The normalized spacial score (nSPS) is 10.8. The fourth-order valence-electron chi connectivity index (χ4n) is 1.47. The van der Waals surface area contributed by atoms with Crippen molar-refractivity contribution >= 4 is 39.8 Å². The molecule has 3 nitrogen and oxygen atoms in total. The molecule has 0 bridgehead atoms. The number of hydrazone groups is 1. The van der Waals surface area contributed by atoms with Crippen LogP contribution in [0.5, 0.6) is 0 Å². The van der Waals surface area contributed by atoms with Gasteiger partial charge in [-0.1, -0.05) is 40.2 Å². The molecule has 108 valence electrons. The summed E-state index contributed by atoms with van der Waals surface area (Å²) in [7, 11) is 0. The Morgan fingerprint density at radius 3 is 2.67 bits per heavy atom. The molecular formula is C15H12BrFN2OS. The fourth-order valence-corrected chi connectivity index (χ4v) is 2.46. The second-order valence-corrected chi connectivity index (χ2v) is 6.00. The number of nitrogens with one attached hydrogen (secondary N) is 1. The second-order valence-electron chi connectivity index (χ2n) is 4.06. The number of carbonyl (C=O) groups excluding carboxylic acids is 1. The number of amides is 1. The number of hydrogen-bond donors (Lipinski definition) is 1. The maximum atomic E-state index is 13.4. The molecule has 0 saturated heterocycles. The van der Waals surface area contributed by atoms with Crippen LogP contribution in [0.15, 0.2) is 63.0 Å². The fraction of sp³-hybridized carbons (Fsp3) is 0.0667. The minimum Gasteiger partial charge on any atom is -0.272 e. The Balaban J connectivity index is 1.80. The first kappa shape index (κ1) is 15.7. The van der Waals surface area contributed by atoms with E-state index in [1.165, 1.54) is 6.07 Å². The molecule has 0 aliphatic heterocycles. The van der Waals surface area contributed by atoms with Gasteiger partial charge in [-0.2, -0.15) is 5.10 Å². The van der Waals surface area contributed by atoms with Crippen LogP contribution in [0.3, 0.4) is 0 Å². The number of nitrogens with zero attached hydrogens (tertiary/aromatic N) is 1. The van der Waals surface area contributed by atoms with Crippen LogP contribution in [-0.2, 0) is 4.79 Å². The zero-order valence-corrected chi connectivity index (χ0v) is 13.3. The Labute approximate surface area is 134 Å². The van der Waals surface area contributed by atoms with Crippen LogP contribution in [-0.4, -0.2) is 17.9 Å². The zero-order valence-electron chi connectivity index (χ0n) is 10.9. The monoisotopic (exact) mass is 366 g/mol. The van der Waals surface area contributed by atoms with Crippen molar-refractivity contribution in [2.24, 2.45) is 5.10 Å². The molecule has 0 aliphatic carbocycles. The lowest BCUT2D eigenvalue weighted by Crippen LogP contribution is -2.19. The van der Waals surface area contributed by atoms with Crippen LogP contribution < -0.4 is 5.43 Å². The average molecular weight is 367 g/mol. The van der Waals surface area contributed by atoms with E-state index in [4.69, 9.17) is 0 Å². The van der Waals surface area contributed by atoms with Crippen molar-refractivity contribution in [3.63, 3.8) is 0 Å². The standard InChI is InChI=1S/C15H12BrFN2OS/c16-12-7-5-11(6-8-12)9-18-19-15(20)10-21-14-4-2-1-3-13(14)17/h1-9H,10H2,(H,19,20)/b18-9-. The summed E-state index contributed by atoms with van der Waals surface area (Å²) in [6.07, 6.45) is 1.55. The molecule has 0 spiro atoms. The van der Waals surface area contributed by atoms with Crippen LogP contribution >= 0.6 is 27.7 Å². The Morgan fingerprint density at radius 2 is 1.95 bits per heavy atom. The van der Waals surface area contributed by atoms with Crippen molar-refractivity contribution in [3.05, 3.63) is 64.4 Å². The highest BCUT2D eigenvalue weighted by Gasteiger charge is 2.05. The van der Waals surface area contributed by atoms with E-state index in [0.29, 0.717) is 4.90 Å². The lowest BCUT2D eigenvalue weighted by atomic mass is 10.2. The number of carbonyl (C=O) groups is 1. The van der Waals surface area contributed by atoms with Crippen LogP contribution in [0.25, 0.3) is 0 Å². The zero-order chi connectivity index (χ0) is 15.1. The Kier molecular flexibility index (Phi) is 5.95. The van der Waals surface area contributed by atoms with Crippen molar-refractivity contribution < 1.29 is 9.18 Å². The van der Waals surface area contributed by atoms with Crippen LogP contribution in [0.1, 0.15) is 5.56 Å². The molecule has 6 heteroatoms. The third kappa shape index (κ3) is 5.32. The van der Waals surface area contributed by atoms with Gasteiger partial charge in [0.15, 0.2) is 0 Å². The molecule has 0 unspecified atom stereocenters. The SMILES string of the molecule is O=C(CSc1ccccc1F)N/N=C\c1ccc(Br)cc1. The van der Waals surface area contributed by atoms with Gasteiger partial charge in [0, 0.05) is 9.37 Å². The number of rotatable bonds is 5. The van der Waals surface area contributed by atoms with Gasteiger partial charge < -0.3 is 0 Å². The molecule has 0 heterocycles. The topological polar surface area (TPSA) is 41.5 Å². The quantitative estimate of drug-likeness (QED) is 0.496. The molecule has 0 aromatic heterocycles. The third-order valence-electron chi connectivity index (χ3n) is 2.47. The van der Waals surface area contributed by atoms with E-state index in [1.807, 2.05) is 24.3 Å². The summed E-state index contributed by atoms with van der Waals surface area (Å²) in [5.74, 6) is -0.496. The molecule has 0 fully saturated rings. The minimum absolute atomic E-state index is 0.110. The maximum absolute atomic E-state index is 13.4. The van der Waals surface area contributed by atoms with Crippen molar-refractivity contribution in [1.82, 2.24) is 5.43 Å². The number of halogens is 2. The Hall–Kier alpha value is -1.66. The largest absolute Gasteiger partial charge is 0.272 e. The molecule has 21 heavy (non-hydrogen) atoms. The molecule has 0 aliphatic rings. The molecule has 0 saturated carbocycles. The van der Waals surface area contributed by atoms with E-state index < -0.39 is 0 Å². The van der Waals surface area contributed by atoms with Crippen molar-refractivity contribution in [2.45, 2.75) is 4.90 Å². The molecule has 2 aromatic carbocycles. The second kappa shape index (κ2) is 7.95. The number of hydrogen-bond acceptors (Lipinski definition) is 3. The van der Waals surface area contributed by atoms with Crippen molar-refractivity contribution in [2.75, 3.05) is 5.75 Å². The first-order valence-electron chi connectivity index (χ1n) is 6.10. The summed E-state index contributed by atoms with van der Waals surface area (Å²) in [4.78, 5) is 12.0. The summed E-state index contributed by atoms with van der Waals surface area (Å²) >= 11 is 4.47. The summed E-state index contributed by atoms with van der Waals surface area (Å²) in [6, 6.07) is 13.9. The molecule has 1 amide bonds. The third-order valence-corrected chi connectivity index (χ3v) is 4.05. The number of benzene rings is 2. The van der Waals surface area contributed by atoms with Crippen molar-refractivity contribution in [1.29, 1.82) is 0 Å². The van der Waals surface area contributed by atoms with Gasteiger partial charge in [0.2, 0.25) is 5.91 Å². The van der Waals surface area contributed by atoms with Gasteiger partial charge in [-0.3, -0.25) is 4.79 Å². The maximum Gasteiger partial charge on any atom is 0.250 e. The van der Waals surface area contributed by atoms with Crippen LogP contribution in [0.4, 0.5) is 4.39 Å². The lowest BCUT2D eigenvalue weighted by Gasteiger charge is -2.02. The Morgan fingerprint density at radius 1 is 1.24 bits per heavy atom. The predicted octanol–water partition coefficient (Wildman–Crippen LogP) is 3.83. The van der Waals surface area contributed by atoms with E-state index >= 15 is 0 Å². The summed E-state index contributed by atoms with van der Waals surface area (Å²) in [5, 5.41) is 3.86. The van der Waals surface area contributed by atoms with E-state index in [1.54, 1.807) is 24.4 Å². The van der Waals surface area contributed by atoms with Crippen molar-refractivity contribution in [3.8, 4) is 0 Å². The minimum atomic E-state index is -0.325. The molecule has 1 N–H and O–H groups in total. The first-order valence-corrected chi connectivity index (χ1v) is 7.88. The number of thioether (sulfide) groups is 1. The van der Waals surface area contributed by atoms with E-state index in [-0.39, 0.29) is 17.5 Å². The highest BCUT2D eigenvalue weighted by molar-refractivity contribution is 9.10. The molecular weight excluding hydrogens is 355 g/mol. The smallest absolute Gasteiger partial charge is 0.250 e. The van der Waals surface area contributed by atoms with Gasteiger partial charge in [0.1, 0.15) is 5.82 Å². The predicted molar refractivity (Wildman–Crippen MR) is 87.0 cm³/mol. The highest BCUT2D eigenvalue weighted by Crippen LogP contribution is 2.20. The van der Waals surface area contributed by atoms with Gasteiger partial charge in [-0.15, -0.1) is 11.8 Å². The molecule has 2 aromatic rings. The Bertz CT molecular complexity index is 646. The summed E-state index contributed by atoms with van der Waals surface area (Å²) < 4.78 is 14.3. The van der Waals surface area contributed by atoms with Gasteiger partial charge in [-0.25, -0.2) is 9.82 Å². The van der Waals surface area contributed by atoms with E-state index in [2.05, 4.69) is 26.5 Å². The van der Waals surface area contributed by atoms with Gasteiger partial charge in [0.25, 0.3) is 0 Å². The first-order chi connectivity index (χ1) is 10.1. The van der Waals surface area contributed by atoms with Crippen LogP contribution in [0.2, 0.25) is 0 Å². The average Bonchev–Trinajstić information content (AvgIpc) is 2.48. The van der Waals surface area contributed by atoms with Gasteiger partial charge in [-0.05, 0) is 29.8 Å². The van der Waals surface area contributed by atoms with Gasteiger partial charge in [0.05, 0.1) is 12.0 Å². The summed E-state index contributed by atoms with van der Waals surface area (Å²) in [5.41, 5.74) is 3.29. The van der Waals surface area contributed by atoms with E-state index in [0.717, 1.165) is 21.8 Å². The van der Waals surface area contributed by atoms with Gasteiger partial charge >= 0.3 is 0 Å².